The smallest absolute Gasteiger partial charge is 0.0279 e. The Hall–Kier alpha value is -1.56. The SMILES string of the molecule is CCCCCc1ccc(CCC)cc1.CCc1ccc(CC)cc1. The summed E-state index contributed by atoms with van der Waals surface area (Å²) in [5, 5.41) is 0. The van der Waals surface area contributed by atoms with Crippen LogP contribution in [0.1, 0.15) is 75.6 Å². The molecule has 0 N–H and O–H groups in total. The lowest BCUT2D eigenvalue weighted by molar-refractivity contribution is 0.717. The van der Waals surface area contributed by atoms with Gasteiger partial charge in [-0.25, -0.2) is 0 Å². The van der Waals surface area contributed by atoms with Gasteiger partial charge in [0.1, 0.15) is 0 Å². The van der Waals surface area contributed by atoms with Crippen molar-refractivity contribution in [3.05, 3.63) is 70.8 Å². The van der Waals surface area contributed by atoms with Crippen LogP contribution in [-0.2, 0) is 25.7 Å². The maximum Gasteiger partial charge on any atom is -0.0279 e. The Bertz CT molecular complexity index is 496. The molecule has 24 heavy (non-hydrogen) atoms. The summed E-state index contributed by atoms with van der Waals surface area (Å²) in [6, 6.07) is 18.0. The minimum Gasteiger partial charge on any atom is -0.0654 e. The molecule has 0 fully saturated rings. The number of aryl methyl sites for hydroxylation is 4. The van der Waals surface area contributed by atoms with Crippen LogP contribution in [0.2, 0.25) is 0 Å². The van der Waals surface area contributed by atoms with Gasteiger partial charge in [-0.15, -0.1) is 0 Å². The summed E-state index contributed by atoms with van der Waals surface area (Å²) in [5.74, 6) is 0. The number of unbranched alkanes of at least 4 members (excludes halogenated alkanes) is 2. The van der Waals surface area contributed by atoms with Crippen LogP contribution in [0.15, 0.2) is 48.5 Å². The molecule has 2 rings (SSSR count). The fourth-order valence-corrected chi connectivity index (χ4v) is 2.75. The molecule has 0 spiro atoms. The third-order valence-corrected chi connectivity index (χ3v) is 4.47. The van der Waals surface area contributed by atoms with Crippen LogP contribution < -0.4 is 0 Å². The molecule has 2 aromatic carbocycles. The first-order valence-electron chi connectivity index (χ1n) is 9.89. The molecule has 0 amide bonds. The minimum absolute atomic E-state index is 1.14. The van der Waals surface area contributed by atoms with Crippen LogP contribution in [0, 0.1) is 0 Å². The van der Waals surface area contributed by atoms with Crippen molar-refractivity contribution in [1.82, 2.24) is 0 Å². The molecule has 0 saturated carbocycles. The summed E-state index contributed by atoms with van der Waals surface area (Å²) < 4.78 is 0. The summed E-state index contributed by atoms with van der Waals surface area (Å²) in [5.41, 5.74) is 5.83. The van der Waals surface area contributed by atoms with Crippen LogP contribution in [0.25, 0.3) is 0 Å². The second kappa shape index (κ2) is 12.8. The van der Waals surface area contributed by atoms with Crippen LogP contribution in [0.4, 0.5) is 0 Å². The Morgan fingerprint density at radius 3 is 1.25 bits per heavy atom. The molecular formula is C24H36. The highest BCUT2D eigenvalue weighted by Gasteiger charge is 1.94. The van der Waals surface area contributed by atoms with Crippen molar-refractivity contribution in [3.8, 4) is 0 Å². The Kier molecular flexibility index (Phi) is 10.9. The molecule has 0 radical (unpaired) electrons. The van der Waals surface area contributed by atoms with Gasteiger partial charge in [-0.2, -0.15) is 0 Å². The van der Waals surface area contributed by atoms with E-state index in [1.54, 1.807) is 0 Å². The molecule has 0 bridgehead atoms. The van der Waals surface area contributed by atoms with E-state index in [1.165, 1.54) is 60.8 Å². The van der Waals surface area contributed by atoms with Gasteiger partial charge in [-0.05, 0) is 54.4 Å². The van der Waals surface area contributed by atoms with Crippen molar-refractivity contribution >= 4 is 0 Å². The number of hydrogen-bond donors (Lipinski definition) is 0. The molecule has 0 heterocycles. The lowest BCUT2D eigenvalue weighted by atomic mass is 10.0. The van der Waals surface area contributed by atoms with Gasteiger partial charge in [0.25, 0.3) is 0 Å². The number of hydrogen-bond acceptors (Lipinski definition) is 0. The lowest BCUT2D eigenvalue weighted by Gasteiger charge is -2.02. The molecule has 0 aliphatic carbocycles. The fourth-order valence-electron chi connectivity index (χ4n) is 2.75. The Labute approximate surface area is 150 Å². The molecular weight excluding hydrogens is 288 g/mol. The molecule has 2 aromatic rings. The number of benzene rings is 2. The average molecular weight is 325 g/mol. The zero-order chi connectivity index (χ0) is 17.6. The molecule has 0 atom stereocenters. The Morgan fingerprint density at radius 2 is 0.875 bits per heavy atom. The molecule has 0 unspecified atom stereocenters. The van der Waals surface area contributed by atoms with Gasteiger partial charge in [0, 0.05) is 0 Å². The first kappa shape index (κ1) is 20.5. The van der Waals surface area contributed by atoms with Crippen molar-refractivity contribution in [2.75, 3.05) is 0 Å². The van der Waals surface area contributed by atoms with Gasteiger partial charge in [0.15, 0.2) is 0 Å². The van der Waals surface area contributed by atoms with E-state index < -0.39 is 0 Å². The maximum atomic E-state index is 2.29. The van der Waals surface area contributed by atoms with E-state index in [-0.39, 0.29) is 0 Å². The second-order valence-electron chi connectivity index (χ2n) is 6.55. The van der Waals surface area contributed by atoms with E-state index in [0.29, 0.717) is 0 Å². The monoisotopic (exact) mass is 324 g/mol. The minimum atomic E-state index is 1.14. The number of rotatable bonds is 8. The van der Waals surface area contributed by atoms with E-state index >= 15 is 0 Å². The zero-order valence-electron chi connectivity index (χ0n) is 16.3. The topological polar surface area (TPSA) is 0 Å². The highest BCUT2D eigenvalue weighted by Crippen LogP contribution is 2.10. The first-order chi connectivity index (χ1) is 11.7. The summed E-state index contributed by atoms with van der Waals surface area (Å²) in [6.07, 6.45) is 10.0. The Balaban J connectivity index is 0.000000254. The van der Waals surface area contributed by atoms with Crippen LogP contribution in [0.5, 0.6) is 0 Å². The Morgan fingerprint density at radius 1 is 0.458 bits per heavy atom. The molecule has 0 aromatic heterocycles. The first-order valence-corrected chi connectivity index (χ1v) is 9.89. The van der Waals surface area contributed by atoms with Crippen LogP contribution in [-0.4, -0.2) is 0 Å². The zero-order valence-corrected chi connectivity index (χ0v) is 16.3. The van der Waals surface area contributed by atoms with Gasteiger partial charge in [-0.1, -0.05) is 95.5 Å². The molecule has 0 nitrogen and oxygen atoms in total. The largest absolute Gasteiger partial charge is 0.0654 e. The predicted molar refractivity (Wildman–Crippen MR) is 109 cm³/mol. The van der Waals surface area contributed by atoms with Gasteiger partial charge in [0.05, 0.1) is 0 Å². The third kappa shape index (κ3) is 8.34. The summed E-state index contributed by atoms with van der Waals surface area (Å²) in [6.45, 7) is 8.85. The van der Waals surface area contributed by atoms with E-state index in [0.717, 1.165) is 12.8 Å². The third-order valence-electron chi connectivity index (χ3n) is 4.47. The predicted octanol–water partition coefficient (Wildman–Crippen LogP) is 7.18. The van der Waals surface area contributed by atoms with Gasteiger partial charge in [0.2, 0.25) is 0 Å². The van der Waals surface area contributed by atoms with Crippen molar-refractivity contribution in [3.63, 3.8) is 0 Å². The molecule has 0 aliphatic rings. The van der Waals surface area contributed by atoms with E-state index in [2.05, 4.69) is 76.2 Å². The van der Waals surface area contributed by atoms with Crippen molar-refractivity contribution < 1.29 is 0 Å². The molecule has 0 heteroatoms. The summed E-state index contributed by atoms with van der Waals surface area (Å²) in [4.78, 5) is 0. The van der Waals surface area contributed by atoms with E-state index in [4.69, 9.17) is 0 Å². The van der Waals surface area contributed by atoms with E-state index in [9.17, 15) is 0 Å². The molecule has 132 valence electrons. The van der Waals surface area contributed by atoms with E-state index in [1.807, 2.05) is 0 Å². The van der Waals surface area contributed by atoms with Gasteiger partial charge < -0.3 is 0 Å². The highest BCUT2D eigenvalue weighted by atomic mass is 14.0. The standard InChI is InChI=1S/C14H22.C10H14/c1-3-5-6-8-14-11-9-13(7-4-2)10-12-14;1-3-9-5-7-10(4-2)8-6-9/h9-12H,3-8H2,1-2H3;5-8H,3-4H2,1-2H3. The molecule has 0 saturated heterocycles. The molecule has 0 aliphatic heterocycles. The summed E-state index contributed by atoms with van der Waals surface area (Å²) in [7, 11) is 0. The van der Waals surface area contributed by atoms with Crippen molar-refractivity contribution in [1.29, 1.82) is 0 Å². The normalized spacial score (nSPS) is 10.2. The summed E-state index contributed by atoms with van der Waals surface area (Å²) >= 11 is 0. The van der Waals surface area contributed by atoms with Crippen molar-refractivity contribution in [2.45, 2.75) is 79.1 Å². The van der Waals surface area contributed by atoms with Gasteiger partial charge in [-0.3, -0.25) is 0 Å². The fraction of sp³-hybridized carbons (Fsp3) is 0.500. The quantitative estimate of drug-likeness (QED) is 0.451. The average Bonchev–Trinajstić information content (AvgIpc) is 2.64. The second-order valence-corrected chi connectivity index (χ2v) is 6.55. The highest BCUT2D eigenvalue weighted by molar-refractivity contribution is 5.23. The lowest BCUT2D eigenvalue weighted by Crippen LogP contribution is -1.87. The van der Waals surface area contributed by atoms with Crippen LogP contribution >= 0.6 is 0 Å². The maximum absolute atomic E-state index is 2.29. The van der Waals surface area contributed by atoms with Crippen LogP contribution in [0.3, 0.4) is 0 Å². The van der Waals surface area contributed by atoms with Gasteiger partial charge >= 0.3 is 0 Å². The van der Waals surface area contributed by atoms with Crippen molar-refractivity contribution in [2.24, 2.45) is 0 Å².